The van der Waals surface area contributed by atoms with E-state index in [1.54, 1.807) is 6.07 Å². The summed E-state index contributed by atoms with van der Waals surface area (Å²) in [4.78, 5) is 24.1. The highest BCUT2D eigenvalue weighted by Crippen LogP contribution is 2.15. The molecule has 5 heteroatoms. The second-order valence-corrected chi connectivity index (χ2v) is 6.66. The van der Waals surface area contributed by atoms with Crippen molar-refractivity contribution >= 4 is 5.91 Å². The molecule has 0 aliphatic heterocycles. The maximum atomic E-state index is 12.1. The van der Waals surface area contributed by atoms with E-state index >= 15 is 0 Å². The third-order valence-corrected chi connectivity index (χ3v) is 4.35. The normalized spacial score (nSPS) is 10.6. The summed E-state index contributed by atoms with van der Waals surface area (Å²) in [6.07, 6.45) is 0.325. The molecule has 0 atom stereocenters. The third-order valence-electron chi connectivity index (χ3n) is 4.35. The summed E-state index contributed by atoms with van der Waals surface area (Å²) in [5.74, 6) is -0.0680. The van der Waals surface area contributed by atoms with E-state index in [1.807, 2.05) is 62.4 Å². The molecular formula is C22H23N3O2. The van der Waals surface area contributed by atoms with E-state index in [0.717, 1.165) is 22.4 Å². The SMILES string of the molecule is Cc1ccc(CC(=O)NCCn2nc(-c3ccc(C)cc3)ccc2=O)cc1. The van der Waals surface area contributed by atoms with Crippen LogP contribution in [0.2, 0.25) is 0 Å². The Morgan fingerprint density at radius 2 is 1.56 bits per heavy atom. The summed E-state index contributed by atoms with van der Waals surface area (Å²) in [7, 11) is 0. The molecule has 3 aromatic rings. The fourth-order valence-corrected chi connectivity index (χ4v) is 2.74. The molecule has 138 valence electrons. The van der Waals surface area contributed by atoms with Crippen LogP contribution in [0.15, 0.2) is 65.5 Å². The number of benzene rings is 2. The van der Waals surface area contributed by atoms with E-state index in [0.29, 0.717) is 19.5 Å². The minimum Gasteiger partial charge on any atom is -0.354 e. The van der Waals surface area contributed by atoms with Crippen LogP contribution < -0.4 is 10.9 Å². The summed E-state index contributed by atoms with van der Waals surface area (Å²) < 4.78 is 1.39. The van der Waals surface area contributed by atoms with Crippen molar-refractivity contribution in [1.82, 2.24) is 15.1 Å². The number of amides is 1. The number of nitrogens with zero attached hydrogens (tertiary/aromatic N) is 2. The average Bonchev–Trinajstić information content (AvgIpc) is 2.66. The second kappa shape index (κ2) is 8.45. The minimum atomic E-state index is -0.182. The fourth-order valence-electron chi connectivity index (χ4n) is 2.74. The average molecular weight is 361 g/mol. The fraction of sp³-hybridized carbons (Fsp3) is 0.227. The largest absolute Gasteiger partial charge is 0.354 e. The molecule has 0 saturated heterocycles. The summed E-state index contributed by atoms with van der Waals surface area (Å²) in [5.41, 5.74) is 4.81. The summed E-state index contributed by atoms with van der Waals surface area (Å²) in [6, 6.07) is 19.1. The molecule has 0 aliphatic rings. The van der Waals surface area contributed by atoms with Crippen molar-refractivity contribution in [2.75, 3.05) is 6.54 Å². The van der Waals surface area contributed by atoms with Gasteiger partial charge in [0.15, 0.2) is 0 Å². The molecule has 0 radical (unpaired) electrons. The molecule has 1 amide bonds. The van der Waals surface area contributed by atoms with E-state index in [1.165, 1.54) is 16.3 Å². The van der Waals surface area contributed by atoms with Crippen LogP contribution in [-0.4, -0.2) is 22.2 Å². The van der Waals surface area contributed by atoms with E-state index in [9.17, 15) is 9.59 Å². The molecule has 0 saturated carbocycles. The Morgan fingerprint density at radius 3 is 2.22 bits per heavy atom. The van der Waals surface area contributed by atoms with Gasteiger partial charge in [-0.1, -0.05) is 59.7 Å². The zero-order chi connectivity index (χ0) is 19.2. The lowest BCUT2D eigenvalue weighted by atomic mass is 10.1. The minimum absolute atomic E-state index is 0.0680. The van der Waals surface area contributed by atoms with Crippen molar-refractivity contribution < 1.29 is 4.79 Å². The zero-order valence-electron chi connectivity index (χ0n) is 15.6. The van der Waals surface area contributed by atoms with Crippen molar-refractivity contribution in [2.24, 2.45) is 0 Å². The van der Waals surface area contributed by atoms with Gasteiger partial charge in [0.05, 0.1) is 18.7 Å². The number of nitrogens with one attached hydrogen (secondary N) is 1. The summed E-state index contributed by atoms with van der Waals surface area (Å²) >= 11 is 0. The maximum absolute atomic E-state index is 12.1. The molecule has 1 N–H and O–H groups in total. The maximum Gasteiger partial charge on any atom is 0.266 e. The Morgan fingerprint density at radius 1 is 0.926 bits per heavy atom. The van der Waals surface area contributed by atoms with Crippen molar-refractivity contribution in [3.8, 4) is 11.3 Å². The van der Waals surface area contributed by atoms with Gasteiger partial charge in [0.25, 0.3) is 5.56 Å². The highest BCUT2D eigenvalue weighted by molar-refractivity contribution is 5.78. The number of carbonyl (C=O) groups is 1. The summed E-state index contributed by atoms with van der Waals surface area (Å²) in [5, 5.41) is 7.27. The Balaban J connectivity index is 1.59. The zero-order valence-corrected chi connectivity index (χ0v) is 15.6. The highest BCUT2D eigenvalue weighted by Gasteiger charge is 2.06. The monoisotopic (exact) mass is 361 g/mol. The van der Waals surface area contributed by atoms with Gasteiger partial charge in [-0.05, 0) is 25.5 Å². The van der Waals surface area contributed by atoms with Crippen LogP contribution in [0, 0.1) is 13.8 Å². The quantitative estimate of drug-likeness (QED) is 0.734. The third kappa shape index (κ3) is 5.14. The van der Waals surface area contributed by atoms with Crippen LogP contribution in [0.25, 0.3) is 11.3 Å². The van der Waals surface area contributed by atoms with Gasteiger partial charge in [-0.3, -0.25) is 9.59 Å². The van der Waals surface area contributed by atoms with Gasteiger partial charge in [-0.25, -0.2) is 4.68 Å². The molecule has 0 spiro atoms. The first-order valence-corrected chi connectivity index (χ1v) is 8.99. The lowest BCUT2D eigenvalue weighted by molar-refractivity contribution is -0.120. The van der Waals surface area contributed by atoms with Crippen LogP contribution in [0.1, 0.15) is 16.7 Å². The Hall–Kier alpha value is -3.21. The van der Waals surface area contributed by atoms with Gasteiger partial charge in [-0.15, -0.1) is 0 Å². The number of rotatable bonds is 6. The Labute approximate surface area is 158 Å². The topological polar surface area (TPSA) is 64.0 Å². The number of carbonyl (C=O) groups excluding carboxylic acids is 1. The Bertz CT molecular complexity index is 974. The predicted molar refractivity (Wildman–Crippen MR) is 107 cm³/mol. The molecule has 0 fully saturated rings. The van der Waals surface area contributed by atoms with E-state index in [4.69, 9.17) is 0 Å². The van der Waals surface area contributed by atoms with Gasteiger partial charge in [0, 0.05) is 18.2 Å². The van der Waals surface area contributed by atoms with E-state index in [2.05, 4.69) is 10.4 Å². The molecule has 2 aromatic carbocycles. The van der Waals surface area contributed by atoms with Crippen molar-refractivity contribution in [3.63, 3.8) is 0 Å². The van der Waals surface area contributed by atoms with Gasteiger partial charge >= 0.3 is 0 Å². The van der Waals surface area contributed by atoms with Crippen molar-refractivity contribution in [1.29, 1.82) is 0 Å². The lowest BCUT2D eigenvalue weighted by Crippen LogP contribution is -2.32. The first kappa shape index (κ1) is 18.6. The van der Waals surface area contributed by atoms with Gasteiger partial charge in [-0.2, -0.15) is 5.10 Å². The smallest absolute Gasteiger partial charge is 0.266 e. The van der Waals surface area contributed by atoms with Crippen molar-refractivity contribution in [3.05, 3.63) is 87.7 Å². The predicted octanol–water partition coefficient (Wildman–Crippen LogP) is 2.89. The first-order valence-electron chi connectivity index (χ1n) is 8.99. The Kier molecular flexibility index (Phi) is 5.81. The van der Waals surface area contributed by atoms with Gasteiger partial charge in [0.1, 0.15) is 0 Å². The van der Waals surface area contributed by atoms with Gasteiger partial charge < -0.3 is 5.32 Å². The molecule has 0 bridgehead atoms. The molecule has 0 aliphatic carbocycles. The molecule has 27 heavy (non-hydrogen) atoms. The molecule has 1 heterocycles. The molecule has 5 nitrogen and oxygen atoms in total. The van der Waals surface area contributed by atoms with E-state index in [-0.39, 0.29) is 11.5 Å². The van der Waals surface area contributed by atoms with Crippen molar-refractivity contribution in [2.45, 2.75) is 26.8 Å². The molecule has 0 unspecified atom stereocenters. The van der Waals surface area contributed by atoms with Crippen LogP contribution in [0.3, 0.4) is 0 Å². The van der Waals surface area contributed by atoms with Crippen LogP contribution >= 0.6 is 0 Å². The summed E-state index contributed by atoms with van der Waals surface area (Å²) in [6.45, 7) is 4.73. The van der Waals surface area contributed by atoms with Crippen LogP contribution in [0.5, 0.6) is 0 Å². The van der Waals surface area contributed by atoms with Crippen LogP contribution in [-0.2, 0) is 17.8 Å². The molecule has 1 aromatic heterocycles. The molecular weight excluding hydrogens is 338 g/mol. The number of hydrogen-bond donors (Lipinski definition) is 1. The number of aryl methyl sites for hydroxylation is 2. The van der Waals surface area contributed by atoms with Crippen LogP contribution in [0.4, 0.5) is 0 Å². The highest BCUT2D eigenvalue weighted by atomic mass is 16.1. The van der Waals surface area contributed by atoms with Gasteiger partial charge in [0.2, 0.25) is 5.91 Å². The van der Waals surface area contributed by atoms with E-state index < -0.39 is 0 Å². The standard InChI is InChI=1S/C22H23N3O2/c1-16-3-7-18(8-4-16)15-21(26)23-13-14-25-22(27)12-11-20(24-25)19-9-5-17(2)6-10-19/h3-12H,13-15H2,1-2H3,(H,23,26). The molecule has 3 rings (SSSR count). The second-order valence-electron chi connectivity index (χ2n) is 6.66. The lowest BCUT2D eigenvalue weighted by Gasteiger charge is -2.09. The first-order chi connectivity index (χ1) is 13.0. The number of hydrogen-bond acceptors (Lipinski definition) is 3. The number of aromatic nitrogens is 2.